The fourth-order valence-electron chi connectivity index (χ4n) is 3.84. The first kappa shape index (κ1) is 15.3. The lowest BCUT2D eigenvalue weighted by molar-refractivity contribution is -0.135. The lowest BCUT2D eigenvalue weighted by Gasteiger charge is -2.43. The minimum Gasteiger partial charge on any atom is -0.444 e. The Morgan fingerprint density at radius 3 is 1.95 bits per heavy atom. The Morgan fingerprint density at radius 2 is 1.60 bits per heavy atom. The molecule has 2 rings (SSSR count). The molecule has 0 aromatic carbocycles. The van der Waals surface area contributed by atoms with E-state index < -0.39 is 5.60 Å². The third-order valence-electron chi connectivity index (χ3n) is 4.62. The fraction of sp³-hybridized carbons (Fsp3) is 0.875. The largest absolute Gasteiger partial charge is 0.444 e. The number of fused-ring (bicyclic) bond motifs is 2. The van der Waals surface area contributed by atoms with Gasteiger partial charge in [-0.25, -0.2) is 4.79 Å². The standard InChI is InChI=1S/C16H27NO3/c1-6-10-12-8-9-13(11(7-2)14(10)18)17(12)15(19)20-16(3,4)5/h10-13H,6-9H2,1-5H3/t10-,11+,12-,13-/m1/s1. The monoisotopic (exact) mass is 281 g/mol. The molecule has 114 valence electrons. The van der Waals surface area contributed by atoms with Gasteiger partial charge < -0.3 is 9.64 Å². The molecule has 0 N–H and O–H groups in total. The number of carbonyl (C=O) groups excluding carboxylic acids is 2. The second-order valence-corrected chi connectivity index (χ2v) is 7.03. The average molecular weight is 281 g/mol. The molecule has 0 spiro atoms. The van der Waals surface area contributed by atoms with Crippen molar-refractivity contribution in [3.05, 3.63) is 0 Å². The zero-order valence-electron chi connectivity index (χ0n) is 13.3. The molecule has 2 aliphatic heterocycles. The Kier molecular flexibility index (Phi) is 4.12. The van der Waals surface area contributed by atoms with Crippen molar-refractivity contribution in [3.63, 3.8) is 0 Å². The van der Waals surface area contributed by atoms with E-state index in [0.717, 1.165) is 25.7 Å². The van der Waals surface area contributed by atoms with Crippen LogP contribution in [0.1, 0.15) is 60.3 Å². The van der Waals surface area contributed by atoms with Crippen LogP contribution < -0.4 is 0 Å². The normalized spacial score (nSPS) is 33.5. The number of nitrogens with zero attached hydrogens (tertiary/aromatic N) is 1. The van der Waals surface area contributed by atoms with E-state index in [1.54, 1.807) is 0 Å². The second-order valence-electron chi connectivity index (χ2n) is 7.03. The van der Waals surface area contributed by atoms with Crippen LogP contribution in [0.3, 0.4) is 0 Å². The van der Waals surface area contributed by atoms with E-state index in [9.17, 15) is 9.59 Å². The van der Waals surface area contributed by atoms with Crippen LogP contribution >= 0.6 is 0 Å². The smallest absolute Gasteiger partial charge is 0.410 e. The van der Waals surface area contributed by atoms with Crippen LogP contribution in [0, 0.1) is 11.8 Å². The van der Waals surface area contributed by atoms with E-state index in [4.69, 9.17) is 4.74 Å². The summed E-state index contributed by atoms with van der Waals surface area (Å²) < 4.78 is 5.55. The van der Waals surface area contributed by atoms with Gasteiger partial charge in [0.15, 0.2) is 0 Å². The number of piperidine rings is 1. The number of ketones is 1. The van der Waals surface area contributed by atoms with Crippen molar-refractivity contribution in [2.75, 3.05) is 0 Å². The maximum Gasteiger partial charge on any atom is 0.410 e. The molecule has 0 aromatic rings. The van der Waals surface area contributed by atoms with Crippen molar-refractivity contribution in [1.82, 2.24) is 4.90 Å². The number of carbonyl (C=O) groups is 2. The second kappa shape index (κ2) is 5.38. The predicted octanol–water partition coefficient (Wildman–Crippen LogP) is 3.39. The highest BCUT2D eigenvalue weighted by atomic mass is 16.6. The van der Waals surface area contributed by atoms with Crippen LogP contribution in [0.2, 0.25) is 0 Å². The van der Waals surface area contributed by atoms with Gasteiger partial charge in [-0.1, -0.05) is 13.8 Å². The molecular weight excluding hydrogens is 254 g/mol. The van der Waals surface area contributed by atoms with Gasteiger partial charge in [-0.3, -0.25) is 4.79 Å². The van der Waals surface area contributed by atoms with Crippen LogP contribution in [0.15, 0.2) is 0 Å². The Balaban J connectivity index is 2.25. The van der Waals surface area contributed by atoms with E-state index in [-0.39, 0.29) is 30.0 Å². The van der Waals surface area contributed by atoms with E-state index >= 15 is 0 Å². The Morgan fingerprint density at radius 1 is 1.15 bits per heavy atom. The molecule has 4 atom stereocenters. The number of rotatable bonds is 2. The van der Waals surface area contributed by atoms with E-state index in [1.165, 1.54) is 0 Å². The van der Waals surface area contributed by atoms with E-state index in [1.807, 2.05) is 39.5 Å². The summed E-state index contributed by atoms with van der Waals surface area (Å²) in [4.78, 5) is 26.9. The van der Waals surface area contributed by atoms with Crippen molar-refractivity contribution in [1.29, 1.82) is 0 Å². The highest BCUT2D eigenvalue weighted by Crippen LogP contribution is 2.43. The summed E-state index contributed by atoms with van der Waals surface area (Å²) in [5, 5.41) is 0. The van der Waals surface area contributed by atoms with Crippen molar-refractivity contribution < 1.29 is 14.3 Å². The SMILES string of the molecule is CC[C@@H]1C(=O)[C@H](CC)[C@H]2CC[C@H]1N2C(=O)OC(C)(C)C. The van der Waals surface area contributed by atoms with Crippen LogP contribution in [0.25, 0.3) is 0 Å². The molecule has 0 radical (unpaired) electrons. The summed E-state index contributed by atoms with van der Waals surface area (Å²) >= 11 is 0. The third-order valence-corrected chi connectivity index (χ3v) is 4.62. The van der Waals surface area contributed by atoms with Gasteiger partial charge in [0.1, 0.15) is 11.4 Å². The van der Waals surface area contributed by atoms with Crippen molar-refractivity contribution in [2.24, 2.45) is 11.8 Å². The van der Waals surface area contributed by atoms with Gasteiger partial charge in [-0.2, -0.15) is 0 Å². The Labute approximate surface area is 121 Å². The lowest BCUT2D eigenvalue weighted by Crippen LogP contribution is -2.57. The number of Topliss-reactive ketones (excluding diaryl/α,β-unsaturated/α-hetero) is 1. The molecule has 4 nitrogen and oxygen atoms in total. The Bertz CT molecular complexity index is 377. The highest BCUT2D eigenvalue weighted by molar-refractivity contribution is 5.88. The number of amides is 1. The number of hydrogen-bond donors (Lipinski definition) is 0. The van der Waals surface area contributed by atoms with Gasteiger partial charge in [0.05, 0.1) is 0 Å². The molecule has 1 amide bonds. The van der Waals surface area contributed by atoms with Crippen molar-refractivity contribution >= 4 is 11.9 Å². The van der Waals surface area contributed by atoms with Crippen LogP contribution in [-0.4, -0.2) is 34.5 Å². The molecule has 2 fully saturated rings. The van der Waals surface area contributed by atoms with Gasteiger partial charge in [-0.05, 0) is 46.5 Å². The van der Waals surface area contributed by atoms with Crippen LogP contribution in [0.4, 0.5) is 4.79 Å². The maximum atomic E-state index is 12.5. The predicted molar refractivity (Wildman–Crippen MR) is 77.5 cm³/mol. The summed E-state index contributed by atoms with van der Waals surface area (Å²) in [7, 11) is 0. The molecule has 0 aromatic heterocycles. The van der Waals surface area contributed by atoms with Crippen molar-refractivity contribution in [3.8, 4) is 0 Å². The maximum absolute atomic E-state index is 12.5. The molecule has 2 heterocycles. The summed E-state index contributed by atoms with van der Waals surface area (Å²) in [6.45, 7) is 9.74. The molecule has 0 unspecified atom stereocenters. The van der Waals surface area contributed by atoms with E-state index in [2.05, 4.69) is 0 Å². The quantitative estimate of drug-likeness (QED) is 0.779. The first-order valence-electron chi connectivity index (χ1n) is 7.85. The zero-order chi connectivity index (χ0) is 15.1. The van der Waals surface area contributed by atoms with Crippen LogP contribution in [0.5, 0.6) is 0 Å². The molecule has 2 aliphatic rings. The zero-order valence-corrected chi connectivity index (χ0v) is 13.3. The molecule has 4 heteroatoms. The Hall–Kier alpha value is -1.06. The average Bonchev–Trinajstić information content (AvgIpc) is 2.68. The fourth-order valence-corrected chi connectivity index (χ4v) is 3.84. The first-order chi connectivity index (χ1) is 9.30. The minimum absolute atomic E-state index is 0.00813. The van der Waals surface area contributed by atoms with Crippen molar-refractivity contribution in [2.45, 2.75) is 78.0 Å². The highest BCUT2D eigenvalue weighted by Gasteiger charge is 2.53. The molecule has 0 aliphatic carbocycles. The van der Waals surface area contributed by atoms with Gasteiger partial charge in [0, 0.05) is 23.9 Å². The summed E-state index contributed by atoms with van der Waals surface area (Å²) in [6, 6.07) is 0.102. The van der Waals surface area contributed by atoms with E-state index in [0.29, 0.717) is 5.78 Å². The molecular formula is C16H27NO3. The summed E-state index contributed by atoms with van der Waals surface area (Å²) in [6.07, 6.45) is 3.25. The molecule has 0 saturated carbocycles. The minimum atomic E-state index is -0.485. The summed E-state index contributed by atoms with van der Waals surface area (Å²) in [5.74, 6) is 0.347. The van der Waals surface area contributed by atoms with Gasteiger partial charge in [0.25, 0.3) is 0 Å². The summed E-state index contributed by atoms with van der Waals surface area (Å²) in [5.41, 5.74) is -0.485. The molecule has 2 bridgehead atoms. The van der Waals surface area contributed by atoms with Gasteiger partial charge >= 0.3 is 6.09 Å². The number of ether oxygens (including phenoxy) is 1. The van der Waals surface area contributed by atoms with Gasteiger partial charge in [0.2, 0.25) is 0 Å². The third kappa shape index (κ3) is 2.57. The molecule has 2 saturated heterocycles. The van der Waals surface area contributed by atoms with Crippen LogP contribution in [-0.2, 0) is 9.53 Å². The lowest BCUT2D eigenvalue weighted by atomic mass is 9.79. The number of hydrogen-bond acceptors (Lipinski definition) is 3. The van der Waals surface area contributed by atoms with Gasteiger partial charge in [-0.15, -0.1) is 0 Å². The topological polar surface area (TPSA) is 46.6 Å². The first-order valence-corrected chi connectivity index (χ1v) is 7.85. The molecule has 20 heavy (non-hydrogen) atoms.